The number of anilines is 1. The zero-order valence-electron chi connectivity index (χ0n) is 15.9. The second-order valence-corrected chi connectivity index (χ2v) is 7.87. The highest BCUT2D eigenvalue weighted by Crippen LogP contribution is 2.40. The highest BCUT2D eigenvalue weighted by Gasteiger charge is 2.29. The Hall–Kier alpha value is -2.67. The predicted octanol–water partition coefficient (Wildman–Crippen LogP) is 3.85. The SMILES string of the molecule is CCOC(=O)c1c(NC(=O)COC(=O)c2ccccc2)sc2c1CCC(C)C2. The number of thiophene rings is 1. The molecule has 1 aliphatic rings. The normalized spacial score (nSPS) is 15.4. The van der Waals surface area contributed by atoms with Gasteiger partial charge < -0.3 is 14.8 Å². The molecular weight excluding hydrogens is 378 g/mol. The summed E-state index contributed by atoms with van der Waals surface area (Å²) in [7, 11) is 0. The Kier molecular flexibility index (Phi) is 6.46. The van der Waals surface area contributed by atoms with Crippen molar-refractivity contribution < 1.29 is 23.9 Å². The lowest BCUT2D eigenvalue weighted by atomic mass is 9.88. The summed E-state index contributed by atoms with van der Waals surface area (Å²) in [5, 5.41) is 3.20. The van der Waals surface area contributed by atoms with Gasteiger partial charge in [0.25, 0.3) is 5.91 Å². The van der Waals surface area contributed by atoms with Crippen molar-refractivity contribution in [2.24, 2.45) is 5.92 Å². The van der Waals surface area contributed by atoms with Crippen LogP contribution in [0.5, 0.6) is 0 Å². The number of carbonyl (C=O) groups excluding carboxylic acids is 3. The van der Waals surface area contributed by atoms with E-state index in [-0.39, 0.29) is 6.61 Å². The standard InChI is InChI=1S/C21H23NO5S/c1-3-26-21(25)18-15-10-9-13(2)11-16(15)28-19(18)22-17(23)12-27-20(24)14-7-5-4-6-8-14/h4-8,13H,3,9-12H2,1-2H3,(H,22,23). The largest absolute Gasteiger partial charge is 0.462 e. The van der Waals surface area contributed by atoms with E-state index >= 15 is 0 Å². The number of benzene rings is 1. The van der Waals surface area contributed by atoms with E-state index in [1.165, 1.54) is 11.3 Å². The van der Waals surface area contributed by atoms with Gasteiger partial charge in [-0.2, -0.15) is 0 Å². The van der Waals surface area contributed by atoms with Crippen LogP contribution in [-0.2, 0) is 27.1 Å². The van der Waals surface area contributed by atoms with E-state index in [4.69, 9.17) is 9.47 Å². The second kappa shape index (κ2) is 9.01. The van der Waals surface area contributed by atoms with E-state index in [2.05, 4.69) is 12.2 Å². The molecule has 0 bridgehead atoms. The summed E-state index contributed by atoms with van der Waals surface area (Å²) in [6.07, 6.45) is 2.67. The monoisotopic (exact) mass is 401 g/mol. The molecular formula is C21H23NO5S. The molecule has 0 saturated carbocycles. The molecule has 2 aromatic rings. The van der Waals surface area contributed by atoms with Gasteiger partial charge in [0.2, 0.25) is 0 Å². The molecule has 1 N–H and O–H groups in total. The summed E-state index contributed by atoms with van der Waals surface area (Å²) in [5.74, 6) is -0.940. The van der Waals surface area contributed by atoms with Gasteiger partial charge in [-0.1, -0.05) is 25.1 Å². The Morgan fingerprint density at radius 2 is 1.89 bits per heavy atom. The number of fused-ring (bicyclic) bond motifs is 1. The van der Waals surface area contributed by atoms with Crippen LogP contribution in [-0.4, -0.2) is 31.1 Å². The van der Waals surface area contributed by atoms with Crippen molar-refractivity contribution >= 4 is 34.2 Å². The average molecular weight is 401 g/mol. The molecule has 6 nitrogen and oxygen atoms in total. The lowest BCUT2D eigenvalue weighted by Gasteiger charge is -2.18. The van der Waals surface area contributed by atoms with E-state index < -0.39 is 24.5 Å². The molecule has 1 amide bonds. The predicted molar refractivity (Wildman–Crippen MR) is 107 cm³/mol. The van der Waals surface area contributed by atoms with E-state index in [1.807, 2.05) is 0 Å². The van der Waals surface area contributed by atoms with Gasteiger partial charge in [-0.05, 0) is 49.8 Å². The Bertz CT molecular complexity index is 874. The fourth-order valence-electron chi connectivity index (χ4n) is 3.21. The first-order chi connectivity index (χ1) is 13.5. The van der Waals surface area contributed by atoms with Crippen LogP contribution in [0, 0.1) is 5.92 Å². The molecule has 0 saturated heterocycles. The van der Waals surface area contributed by atoms with Crippen molar-refractivity contribution in [1.29, 1.82) is 0 Å². The molecule has 1 aromatic carbocycles. The number of nitrogens with one attached hydrogen (secondary N) is 1. The van der Waals surface area contributed by atoms with Gasteiger partial charge in [-0.3, -0.25) is 4.79 Å². The first kappa shape index (κ1) is 20.1. The molecule has 0 spiro atoms. The molecule has 0 aliphatic heterocycles. The van der Waals surface area contributed by atoms with Crippen molar-refractivity contribution in [1.82, 2.24) is 0 Å². The number of amides is 1. The highest BCUT2D eigenvalue weighted by molar-refractivity contribution is 7.17. The lowest BCUT2D eigenvalue weighted by molar-refractivity contribution is -0.119. The van der Waals surface area contributed by atoms with Gasteiger partial charge in [0, 0.05) is 4.88 Å². The Morgan fingerprint density at radius 1 is 1.14 bits per heavy atom. The average Bonchev–Trinajstić information content (AvgIpc) is 3.03. The molecule has 1 aliphatic carbocycles. The van der Waals surface area contributed by atoms with Crippen LogP contribution >= 0.6 is 11.3 Å². The second-order valence-electron chi connectivity index (χ2n) is 6.77. The van der Waals surface area contributed by atoms with Crippen molar-refractivity contribution in [3.05, 3.63) is 51.9 Å². The molecule has 7 heteroatoms. The molecule has 1 atom stereocenters. The maximum atomic E-state index is 12.5. The Labute approximate surface area is 167 Å². The maximum absolute atomic E-state index is 12.5. The lowest BCUT2D eigenvalue weighted by Crippen LogP contribution is -2.22. The summed E-state index contributed by atoms with van der Waals surface area (Å²) in [4.78, 5) is 37.9. The molecule has 0 radical (unpaired) electrons. The van der Waals surface area contributed by atoms with Crippen LogP contribution < -0.4 is 5.32 Å². The highest BCUT2D eigenvalue weighted by atomic mass is 32.1. The van der Waals surface area contributed by atoms with Gasteiger partial charge in [-0.25, -0.2) is 9.59 Å². The number of carbonyl (C=O) groups is 3. The smallest absolute Gasteiger partial charge is 0.341 e. The van der Waals surface area contributed by atoms with Crippen LogP contribution in [0.4, 0.5) is 5.00 Å². The van der Waals surface area contributed by atoms with Crippen LogP contribution in [0.1, 0.15) is 51.4 Å². The maximum Gasteiger partial charge on any atom is 0.341 e. The third-order valence-corrected chi connectivity index (χ3v) is 5.76. The van der Waals surface area contributed by atoms with Gasteiger partial charge in [0.05, 0.1) is 17.7 Å². The fourth-order valence-corrected chi connectivity index (χ4v) is 4.62. The van der Waals surface area contributed by atoms with Gasteiger partial charge in [0.1, 0.15) is 5.00 Å². The quantitative estimate of drug-likeness (QED) is 0.744. The summed E-state index contributed by atoms with van der Waals surface area (Å²) in [5.41, 5.74) is 1.79. The van der Waals surface area contributed by atoms with Crippen LogP contribution in [0.3, 0.4) is 0 Å². The molecule has 3 rings (SSSR count). The third-order valence-electron chi connectivity index (χ3n) is 4.59. The number of ether oxygens (including phenoxy) is 2. The minimum atomic E-state index is -0.569. The van der Waals surface area contributed by atoms with Gasteiger partial charge >= 0.3 is 11.9 Å². The fraction of sp³-hybridized carbons (Fsp3) is 0.381. The first-order valence-corrected chi connectivity index (χ1v) is 10.1. The topological polar surface area (TPSA) is 81.7 Å². The molecule has 1 heterocycles. The first-order valence-electron chi connectivity index (χ1n) is 9.33. The van der Waals surface area contributed by atoms with Gasteiger partial charge in [0.15, 0.2) is 6.61 Å². The van der Waals surface area contributed by atoms with E-state index in [9.17, 15) is 14.4 Å². The minimum absolute atomic E-state index is 0.266. The minimum Gasteiger partial charge on any atom is -0.462 e. The number of hydrogen-bond acceptors (Lipinski definition) is 6. The number of rotatable bonds is 6. The summed E-state index contributed by atoms with van der Waals surface area (Å²) >= 11 is 1.41. The molecule has 1 unspecified atom stereocenters. The molecule has 1 aromatic heterocycles. The molecule has 28 heavy (non-hydrogen) atoms. The van der Waals surface area contributed by atoms with Gasteiger partial charge in [-0.15, -0.1) is 11.3 Å². The zero-order chi connectivity index (χ0) is 20.1. The summed E-state index contributed by atoms with van der Waals surface area (Å²) < 4.78 is 10.3. The van der Waals surface area contributed by atoms with Crippen LogP contribution in [0.2, 0.25) is 0 Å². The van der Waals surface area contributed by atoms with Crippen LogP contribution in [0.25, 0.3) is 0 Å². The molecule has 0 fully saturated rings. The van der Waals surface area contributed by atoms with E-state index in [1.54, 1.807) is 37.3 Å². The third kappa shape index (κ3) is 4.59. The Balaban J connectivity index is 1.71. The Morgan fingerprint density at radius 3 is 2.61 bits per heavy atom. The van der Waals surface area contributed by atoms with E-state index in [0.29, 0.717) is 22.0 Å². The van der Waals surface area contributed by atoms with Crippen molar-refractivity contribution in [2.45, 2.75) is 33.1 Å². The summed E-state index contributed by atoms with van der Waals surface area (Å²) in [6.45, 7) is 3.77. The molecule has 148 valence electrons. The summed E-state index contributed by atoms with van der Waals surface area (Å²) in [6, 6.07) is 8.47. The van der Waals surface area contributed by atoms with Crippen molar-refractivity contribution in [3.63, 3.8) is 0 Å². The number of esters is 2. The number of hydrogen-bond donors (Lipinski definition) is 1. The van der Waals surface area contributed by atoms with E-state index in [0.717, 1.165) is 29.7 Å². The van der Waals surface area contributed by atoms with Crippen molar-refractivity contribution in [2.75, 3.05) is 18.5 Å². The van der Waals surface area contributed by atoms with Crippen molar-refractivity contribution in [3.8, 4) is 0 Å². The van der Waals surface area contributed by atoms with Crippen LogP contribution in [0.15, 0.2) is 30.3 Å². The zero-order valence-corrected chi connectivity index (χ0v) is 16.8.